The Morgan fingerprint density at radius 2 is 1.95 bits per heavy atom. The summed E-state index contributed by atoms with van der Waals surface area (Å²) < 4.78 is 5.48. The third-order valence-corrected chi connectivity index (χ3v) is 3.46. The Hall–Kier alpha value is -1.06. The summed E-state index contributed by atoms with van der Waals surface area (Å²) in [5, 5.41) is 3.51. The molecule has 2 rings (SSSR count). The summed E-state index contributed by atoms with van der Waals surface area (Å²) in [5.74, 6) is 0. The molecule has 0 spiro atoms. The van der Waals surface area contributed by atoms with E-state index in [1.165, 1.54) is 11.3 Å². The van der Waals surface area contributed by atoms with Gasteiger partial charge in [0.05, 0.1) is 13.2 Å². The topological polar surface area (TPSA) is 24.5 Å². The van der Waals surface area contributed by atoms with E-state index < -0.39 is 0 Å². The van der Waals surface area contributed by atoms with Gasteiger partial charge >= 0.3 is 0 Å². The summed E-state index contributed by atoms with van der Waals surface area (Å²) in [5.41, 5.74) is 2.80. The quantitative estimate of drug-likeness (QED) is 0.906. The molecule has 19 heavy (non-hydrogen) atoms. The van der Waals surface area contributed by atoms with Crippen LogP contribution in [0, 0.1) is 0 Å². The Balaban J connectivity index is 1.98. The van der Waals surface area contributed by atoms with Gasteiger partial charge in [0.1, 0.15) is 0 Å². The van der Waals surface area contributed by atoms with Gasteiger partial charge in [0.25, 0.3) is 0 Å². The van der Waals surface area contributed by atoms with E-state index in [-0.39, 0.29) is 5.54 Å². The van der Waals surface area contributed by atoms with E-state index in [4.69, 9.17) is 4.74 Å². The maximum atomic E-state index is 5.48. The van der Waals surface area contributed by atoms with Crippen LogP contribution in [0.3, 0.4) is 0 Å². The lowest BCUT2D eigenvalue weighted by atomic mass is 10.1. The number of morpholine rings is 1. The molecule has 1 unspecified atom stereocenters. The van der Waals surface area contributed by atoms with Gasteiger partial charge < -0.3 is 15.0 Å². The summed E-state index contributed by atoms with van der Waals surface area (Å²) in [6, 6.07) is 9.35. The molecule has 1 aromatic rings. The summed E-state index contributed by atoms with van der Waals surface area (Å²) in [6.45, 7) is 12.4. The lowest BCUT2D eigenvalue weighted by Crippen LogP contribution is -2.43. The minimum absolute atomic E-state index is 0.164. The molecule has 1 aliphatic heterocycles. The van der Waals surface area contributed by atoms with E-state index in [9.17, 15) is 0 Å². The predicted molar refractivity (Wildman–Crippen MR) is 80.7 cm³/mol. The Morgan fingerprint density at radius 3 is 2.53 bits per heavy atom. The van der Waals surface area contributed by atoms with Crippen LogP contribution in [0.15, 0.2) is 24.3 Å². The van der Waals surface area contributed by atoms with Crippen LogP contribution in [-0.4, -0.2) is 31.3 Å². The average molecular weight is 262 g/mol. The number of anilines is 1. The van der Waals surface area contributed by atoms with Crippen molar-refractivity contribution in [1.82, 2.24) is 5.32 Å². The molecule has 1 saturated heterocycles. The number of rotatable bonds is 3. The molecule has 0 amide bonds. The van der Waals surface area contributed by atoms with E-state index >= 15 is 0 Å². The van der Waals surface area contributed by atoms with Crippen molar-refractivity contribution in [2.24, 2.45) is 0 Å². The molecule has 3 heteroatoms. The van der Waals surface area contributed by atoms with Crippen LogP contribution >= 0.6 is 0 Å². The Kier molecular flexibility index (Phi) is 4.48. The molecule has 1 heterocycles. The zero-order valence-corrected chi connectivity index (χ0v) is 12.6. The van der Waals surface area contributed by atoms with Crippen LogP contribution in [0.5, 0.6) is 0 Å². The number of nitrogens with zero attached hydrogens (tertiary/aromatic N) is 1. The highest BCUT2D eigenvalue weighted by molar-refractivity contribution is 5.48. The second kappa shape index (κ2) is 5.93. The van der Waals surface area contributed by atoms with Crippen LogP contribution in [-0.2, 0) is 11.3 Å². The monoisotopic (exact) mass is 262 g/mol. The Morgan fingerprint density at radius 1 is 1.26 bits per heavy atom. The van der Waals surface area contributed by atoms with Crippen LogP contribution in [0.25, 0.3) is 0 Å². The van der Waals surface area contributed by atoms with Crippen LogP contribution in [0.4, 0.5) is 5.69 Å². The minimum Gasteiger partial charge on any atom is -0.377 e. The molecular weight excluding hydrogens is 236 g/mol. The summed E-state index contributed by atoms with van der Waals surface area (Å²) in [7, 11) is 0. The van der Waals surface area contributed by atoms with E-state index in [1.807, 2.05) is 0 Å². The van der Waals surface area contributed by atoms with Gasteiger partial charge in [-0.25, -0.2) is 0 Å². The van der Waals surface area contributed by atoms with E-state index in [0.717, 1.165) is 26.3 Å². The lowest BCUT2D eigenvalue weighted by molar-refractivity contribution is 0.0989. The molecule has 0 radical (unpaired) electrons. The Bertz CT molecular complexity index is 394. The van der Waals surface area contributed by atoms with Crippen molar-refractivity contribution in [3.8, 4) is 0 Å². The first kappa shape index (κ1) is 14.4. The number of nitrogens with one attached hydrogen (secondary N) is 1. The molecule has 1 atom stereocenters. The van der Waals surface area contributed by atoms with Crippen LogP contribution in [0.2, 0.25) is 0 Å². The van der Waals surface area contributed by atoms with Crippen LogP contribution < -0.4 is 10.2 Å². The van der Waals surface area contributed by atoms with Gasteiger partial charge in [0.2, 0.25) is 0 Å². The first-order chi connectivity index (χ1) is 8.96. The maximum Gasteiger partial charge on any atom is 0.0668 e. The number of hydrogen-bond acceptors (Lipinski definition) is 3. The molecule has 0 aliphatic carbocycles. The van der Waals surface area contributed by atoms with Gasteiger partial charge in [-0.2, -0.15) is 0 Å². The Labute approximate surface area is 116 Å². The standard InChI is InChI=1S/C16H26N2O/c1-13-12-19-10-9-18(13)15-7-5-14(6-8-15)11-17-16(2,3)4/h5-8,13,17H,9-12H2,1-4H3. The zero-order valence-electron chi connectivity index (χ0n) is 12.6. The molecule has 0 bridgehead atoms. The van der Waals surface area contributed by atoms with E-state index in [1.54, 1.807) is 0 Å². The number of benzene rings is 1. The molecular formula is C16H26N2O. The van der Waals surface area contributed by atoms with Crippen molar-refractivity contribution in [2.75, 3.05) is 24.7 Å². The van der Waals surface area contributed by atoms with E-state index in [2.05, 4.69) is 62.2 Å². The summed E-state index contributed by atoms with van der Waals surface area (Å²) >= 11 is 0. The van der Waals surface area contributed by atoms with Gasteiger partial charge in [0, 0.05) is 30.4 Å². The normalized spacial score (nSPS) is 20.6. The van der Waals surface area contributed by atoms with Crippen LogP contribution in [0.1, 0.15) is 33.3 Å². The van der Waals surface area contributed by atoms with Crippen molar-refractivity contribution in [2.45, 2.75) is 45.8 Å². The second-order valence-corrected chi connectivity index (χ2v) is 6.39. The first-order valence-corrected chi connectivity index (χ1v) is 7.14. The first-order valence-electron chi connectivity index (χ1n) is 7.14. The fraction of sp³-hybridized carbons (Fsp3) is 0.625. The largest absolute Gasteiger partial charge is 0.377 e. The molecule has 1 aliphatic rings. The van der Waals surface area contributed by atoms with Crippen molar-refractivity contribution in [3.05, 3.63) is 29.8 Å². The van der Waals surface area contributed by atoms with Crippen molar-refractivity contribution >= 4 is 5.69 Å². The van der Waals surface area contributed by atoms with Gasteiger partial charge in [-0.05, 0) is 45.4 Å². The third-order valence-electron chi connectivity index (χ3n) is 3.46. The summed E-state index contributed by atoms with van der Waals surface area (Å²) in [6.07, 6.45) is 0. The highest BCUT2D eigenvalue weighted by atomic mass is 16.5. The smallest absolute Gasteiger partial charge is 0.0668 e. The molecule has 1 fully saturated rings. The molecule has 0 saturated carbocycles. The van der Waals surface area contributed by atoms with Crippen molar-refractivity contribution < 1.29 is 4.74 Å². The zero-order chi connectivity index (χ0) is 13.9. The maximum absolute atomic E-state index is 5.48. The third kappa shape index (κ3) is 4.22. The van der Waals surface area contributed by atoms with Crippen molar-refractivity contribution in [1.29, 1.82) is 0 Å². The SMILES string of the molecule is CC1COCCN1c1ccc(CNC(C)(C)C)cc1. The van der Waals surface area contributed by atoms with E-state index in [0.29, 0.717) is 6.04 Å². The van der Waals surface area contributed by atoms with Crippen molar-refractivity contribution in [3.63, 3.8) is 0 Å². The molecule has 3 nitrogen and oxygen atoms in total. The average Bonchev–Trinajstić information content (AvgIpc) is 2.37. The number of ether oxygens (including phenoxy) is 1. The highest BCUT2D eigenvalue weighted by Crippen LogP contribution is 2.20. The molecule has 1 N–H and O–H groups in total. The summed E-state index contributed by atoms with van der Waals surface area (Å²) in [4.78, 5) is 2.42. The van der Waals surface area contributed by atoms with Gasteiger partial charge in [0.15, 0.2) is 0 Å². The lowest BCUT2D eigenvalue weighted by Gasteiger charge is -2.35. The number of hydrogen-bond donors (Lipinski definition) is 1. The molecule has 106 valence electrons. The van der Waals surface area contributed by atoms with Gasteiger partial charge in [-0.3, -0.25) is 0 Å². The fourth-order valence-electron chi connectivity index (χ4n) is 2.28. The fourth-order valence-corrected chi connectivity index (χ4v) is 2.28. The van der Waals surface area contributed by atoms with Gasteiger partial charge in [-0.15, -0.1) is 0 Å². The molecule has 1 aromatic carbocycles. The highest BCUT2D eigenvalue weighted by Gasteiger charge is 2.18. The minimum atomic E-state index is 0.164. The molecule has 0 aromatic heterocycles. The van der Waals surface area contributed by atoms with Gasteiger partial charge in [-0.1, -0.05) is 12.1 Å². The predicted octanol–water partition coefficient (Wildman–Crippen LogP) is 2.80. The second-order valence-electron chi connectivity index (χ2n) is 6.39.